The average Bonchev–Trinajstić information content (AvgIpc) is 2.83. The molecule has 1 fully saturated rings. The number of amides is 1. The Balaban J connectivity index is 1.68. The largest absolute Gasteiger partial charge is 0.508 e. The number of likely N-dealkylation sites (N-methyl/N-ethyl adjacent to an activating group) is 1. The van der Waals surface area contributed by atoms with E-state index in [1.807, 2.05) is 19.1 Å². The Morgan fingerprint density at radius 2 is 1.79 bits per heavy atom. The van der Waals surface area contributed by atoms with E-state index in [0.29, 0.717) is 16.8 Å². The molecule has 0 bridgehead atoms. The van der Waals surface area contributed by atoms with E-state index in [0.717, 1.165) is 11.1 Å². The highest BCUT2D eigenvalue weighted by atomic mass is 16.4. The van der Waals surface area contributed by atoms with E-state index in [4.69, 9.17) is 11.5 Å². The van der Waals surface area contributed by atoms with Gasteiger partial charge in [-0.05, 0) is 74.2 Å². The van der Waals surface area contributed by atoms with Gasteiger partial charge in [0.15, 0.2) is 17.2 Å². The molecule has 0 radical (unpaired) electrons. The van der Waals surface area contributed by atoms with E-state index in [1.165, 1.54) is 11.0 Å². The van der Waals surface area contributed by atoms with E-state index in [2.05, 4.69) is 0 Å². The van der Waals surface area contributed by atoms with Crippen LogP contribution in [-0.4, -0.2) is 74.6 Å². The van der Waals surface area contributed by atoms with Crippen LogP contribution < -0.4 is 11.5 Å². The number of fused-ring (bicyclic) bond motifs is 3. The number of hydrogen-bond donors (Lipinski definition) is 6. The number of phenolic OH excluding ortho intramolecular Hbond substituents is 1. The lowest BCUT2D eigenvalue weighted by Gasteiger charge is -2.55. The van der Waals surface area contributed by atoms with E-state index in [9.17, 15) is 34.8 Å². The number of ketones is 2. The summed E-state index contributed by atoms with van der Waals surface area (Å²) in [6.45, 7) is 1.88. The maximum Gasteiger partial charge on any atom is 0.255 e. The molecule has 8 N–H and O–H groups in total. The molecule has 5 rings (SSSR count). The smallest absolute Gasteiger partial charge is 0.255 e. The lowest BCUT2D eigenvalue weighted by Crippen LogP contribution is -2.69. The second-order valence-corrected chi connectivity index (χ2v) is 10.9. The maximum absolute atomic E-state index is 13.9. The van der Waals surface area contributed by atoms with Gasteiger partial charge < -0.3 is 31.9 Å². The second kappa shape index (κ2) is 8.65. The second-order valence-electron chi connectivity index (χ2n) is 10.9. The van der Waals surface area contributed by atoms with E-state index in [-0.39, 0.29) is 24.2 Å². The molecule has 3 aliphatic rings. The summed E-state index contributed by atoms with van der Waals surface area (Å²) in [5.74, 6) is -6.64. The lowest BCUT2D eigenvalue weighted by molar-refractivity contribution is -0.183. The van der Waals surface area contributed by atoms with Crippen LogP contribution in [0, 0.1) is 24.7 Å². The van der Waals surface area contributed by atoms with Crippen LogP contribution >= 0.6 is 0 Å². The van der Waals surface area contributed by atoms with Gasteiger partial charge in [0.1, 0.15) is 23.2 Å². The summed E-state index contributed by atoms with van der Waals surface area (Å²) in [5.41, 5.74) is 11.8. The molecule has 10 nitrogen and oxygen atoms in total. The van der Waals surface area contributed by atoms with Crippen LogP contribution in [0.1, 0.15) is 27.9 Å². The van der Waals surface area contributed by atoms with Crippen LogP contribution in [0.25, 0.3) is 11.1 Å². The molecular weight excluding hydrogens is 490 g/mol. The number of carbonyl (C=O) groups excluding carboxylic acids is 3. The van der Waals surface area contributed by atoms with Crippen molar-refractivity contribution in [1.29, 1.82) is 0 Å². The predicted octanol–water partition coefficient (Wildman–Crippen LogP) is 0.843. The van der Waals surface area contributed by atoms with Crippen LogP contribution in [0.2, 0.25) is 0 Å². The number of aliphatic hydroxyl groups excluding tert-OH is 2. The zero-order valence-electron chi connectivity index (χ0n) is 21.3. The first-order chi connectivity index (χ1) is 17.8. The van der Waals surface area contributed by atoms with Gasteiger partial charge in [-0.25, -0.2) is 0 Å². The number of phenols is 1. The maximum atomic E-state index is 13.9. The number of nitrogens with two attached hydrogens (primary N) is 2. The summed E-state index contributed by atoms with van der Waals surface area (Å²) in [4.78, 5) is 40.7. The first kappa shape index (κ1) is 25.9. The Bertz CT molecular complexity index is 1430. The Labute approximate surface area is 219 Å². The molecule has 0 spiro atoms. The predicted molar refractivity (Wildman–Crippen MR) is 138 cm³/mol. The van der Waals surface area contributed by atoms with Crippen LogP contribution in [0.4, 0.5) is 5.69 Å². The van der Waals surface area contributed by atoms with Gasteiger partial charge in [0.05, 0.1) is 17.5 Å². The Kier molecular flexibility index (Phi) is 5.90. The van der Waals surface area contributed by atoms with Gasteiger partial charge in [0.25, 0.3) is 5.91 Å². The Morgan fingerprint density at radius 3 is 2.39 bits per heavy atom. The van der Waals surface area contributed by atoms with E-state index < -0.39 is 64.3 Å². The fourth-order valence-electron chi connectivity index (χ4n) is 6.77. The third-order valence-electron chi connectivity index (χ3n) is 8.63. The van der Waals surface area contributed by atoms with Gasteiger partial charge in [-0.3, -0.25) is 19.3 Å². The quantitative estimate of drug-likeness (QED) is 0.251. The number of rotatable bonds is 3. The average molecular weight is 522 g/mol. The number of hydrogen-bond acceptors (Lipinski definition) is 9. The van der Waals surface area contributed by atoms with Gasteiger partial charge in [-0.2, -0.15) is 0 Å². The van der Waals surface area contributed by atoms with Crippen molar-refractivity contribution in [3.05, 3.63) is 58.4 Å². The minimum Gasteiger partial charge on any atom is -0.508 e. The molecule has 1 saturated carbocycles. The minimum absolute atomic E-state index is 0.0265. The number of aryl methyl sites for hydroxylation is 1. The third-order valence-corrected chi connectivity index (χ3v) is 8.63. The number of primary amides is 1. The van der Waals surface area contributed by atoms with Crippen molar-refractivity contribution in [3.8, 4) is 16.9 Å². The van der Waals surface area contributed by atoms with Crippen molar-refractivity contribution in [1.82, 2.24) is 4.90 Å². The molecule has 2 unspecified atom stereocenters. The van der Waals surface area contributed by atoms with Crippen LogP contribution in [0.5, 0.6) is 5.75 Å². The molecule has 3 aliphatic carbocycles. The summed E-state index contributed by atoms with van der Waals surface area (Å²) in [6.07, 6.45) is -1.52. The third kappa shape index (κ3) is 3.40. The molecule has 0 heterocycles. The summed E-state index contributed by atoms with van der Waals surface area (Å²) < 4.78 is 0. The van der Waals surface area contributed by atoms with Gasteiger partial charge >= 0.3 is 0 Å². The molecule has 2 aromatic carbocycles. The number of nitrogen functional groups attached to an aromatic ring is 1. The van der Waals surface area contributed by atoms with Crippen LogP contribution in [0.15, 0.2) is 41.7 Å². The van der Waals surface area contributed by atoms with Crippen molar-refractivity contribution >= 4 is 23.2 Å². The highest BCUT2D eigenvalue weighted by Crippen LogP contribution is 2.54. The molecule has 1 amide bonds. The molecule has 2 aromatic rings. The summed E-state index contributed by atoms with van der Waals surface area (Å²) in [7, 11) is 3.17. The molecule has 10 heteroatoms. The van der Waals surface area contributed by atoms with Crippen molar-refractivity contribution in [2.75, 3.05) is 19.8 Å². The number of benzene rings is 2. The number of nitrogens with zero attached hydrogens (tertiary/aromatic N) is 1. The Morgan fingerprint density at radius 1 is 1.11 bits per heavy atom. The monoisotopic (exact) mass is 521 g/mol. The van der Waals surface area contributed by atoms with Crippen molar-refractivity contribution in [2.45, 2.75) is 37.5 Å². The molecule has 0 aliphatic heterocycles. The normalized spacial score (nSPS) is 30.6. The highest BCUT2D eigenvalue weighted by Gasteiger charge is 2.65. The zero-order chi connectivity index (χ0) is 27.8. The number of Topliss-reactive ketones (excluding diaryl/α,β-unsaturated/α-hetero) is 2. The standard InChI is InChI=1S/C28H31N3O7/c1-11-4-5-12(10-17(11)29)14-6-7-18(32)20-15(14)8-13-9-16-22(31(2)3)24(34)21(27(30)37)26(36)28(16,38)25(35)19(13)23(20)33/h4-7,10,13,16,19,22,25,32,35-36,38H,8-9,29H2,1-3H3,(H2,30,37)/t13-,16-,19?,22-,25?,28-/m0/s1. The highest BCUT2D eigenvalue weighted by molar-refractivity contribution is 6.22. The number of aromatic hydroxyl groups is 1. The number of anilines is 1. The molecule has 200 valence electrons. The lowest BCUT2D eigenvalue weighted by atomic mass is 9.53. The molecule has 0 aromatic heterocycles. The fourth-order valence-corrected chi connectivity index (χ4v) is 6.77. The number of aliphatic hydroxyl groups is 3. The van der Waals surface area contributed by atoms with Crippen molar-refractivity contribution < 1.29 is 34.8 Å². The summed E-state index contributed by atoms with van der Waals surface area (Å²) in [5, 5.41) is 45.0. The van der Waals surface area contributed by atoms with Crippen molar-refractivity contribution in [2.24, 2.45) is 23.5 Å². The molecule has 0 saturated heterocycles. The van der Waals surface area contributed by atoms with Gasteiger partial charge in [0, 0.05) is 11.6 Å². The van der Waals surface area contributed by atoms with E-state index >= 15 is 0 Å². The SMILES string of the molecule is Cc1ccc(-c2ccc(O)c3c2C[C@H]2C[C@H]4[C@H](N(C)C)C(=O)C(C(N)=O)=C(O)[C@@]4(O)C(O)C2C3=O)cc1N. The van der Waals surface area contributed by atoms with E-state index in [1.54, 1.807) is 26.2 Å². The molecule has 6 atom stereocenters. The fraction of sp³-hybridized carbons (Fsp3) is 0.393. The minimum atomic E-state index is -2.47. The number of carbonyl (C=O) groups is 3. The van der Waals surface area contributed by atoms with Crippen LogP contribution in [0.3, 0.4) is 0 Å². The first-order valence-electron chi connectivity index (χ1n) is 12.4. The topological polar surface area (TPSA) is 187 Å². The summed E-state index contributed by atoms with van der Waals surface area (Å²) in [6, 6.07) is 7.57. The van der Waals surface area contributed by atoms with Crippen LogP contribution in [-0.2, 0) is 16.0 Å². The Hall–Kier alpha value is -3.73. The zero-order valence-corrected chi connectivity index (χ0v) is 21.3. The van der Waals surface area contributed by atoms with Gasteiger partial charge in [-0.15, -0.1) is 0 Å². The van der Waals surface area contributed by atoms with Gasteiger partial charge in [-0.1, -0.05) is 18.2 Å². The summed E-state index contributed by atoms with van der Waals surface area (Å²) >= 11 is 0. The molecular formula is C28H31N3O7. The van der Waals surface area contributed by atoms with Gasteiger partial charge in [0.2, 0.25) is 0 Å². The van der Waals surface area contributed by atoms with Crippen molar-refractivity contribution in [3.63, 3.8) is 0 Å². The molecule has 38 heavy (non-hydrogen) atoms. The first-order valence-corrected chi connectivity index (χ1v) is 12.4.